The minimum Gasteiger partial charge on any atom is -0.392 e. The van der Waals surface area contributed by atoms with Crippen molar-refractivity contribution in [3.8, 4) is 0 Å². The Hall–Kier alpha value is -1.55. The van der Waals surface area contributed by atoms with Gasteiger partial charge in [0.2, 0.25) is 5.91 Å². The Kier molecular flexibility index (Phi) is 4.79. The average molecular weight is 222 g/mol. The Bertz CT molecular complexity index is 325. The van der Waals surface area contributed by atoms with Gasteiger partial charge in [-0.2, -0.15) is 0 Å². The van der Waals surface area contributed by atoms with Crippen molar-refractivity contribution in [2.75, 3.05) is 25.0 Å². The number of nitrogens with zero attached hydrogens (tertiary/aromatic N) is 1. The molecular weight excluding hydrogens is 204 g/mol. The first-order valence-electron chi connectivity index (χ1n) is 5.30. The van der Waals surface area contributed by atoms with E-state index in [0.717, 1.165) is 5.69 Å². The van der Waals surface area contributed by atoms with Gasteiger partial charge >= 0.3 is 0 Å². The molecule has 88 valence electrons. The van der Waals surface area contributed by atoms with Crippen molar-refractivity contribution < 1.29 is 9.90 Å². The fourth-order valence-electron chi connectivity index (χ4n) is 1.31. The molecular formula is C12H18N2O2. The number of amides is 1. The standard InChI is InChI=1S/C12H18N2O2/c1-10(15)8-13-12(16)9-14(2)11-6-4-3-5-7-11/h3-7,10,15H,8-9H2,1-2H3,(H,13,16). The summed E-state index contributed by atoms with van der Waals surface area (Å²) < 4.78 is 0. The first kappa shape index (κ1) is 12.5. The molecule has 0 fully saturated rings. The van der Waals surface area contributed by atoms with E-state index in [4.69, 9.17) is 5.11 Å². The van der Waals surface area contributed by atoms with Gasteiger partial charge in [0, 0.05) is 19.3 Å². The number of aliphatic hydroxyl groups excluding tert-OH is 1. The van der Waals surface area contributed by atoms with Gasteiger partial charge in [-0.1, -0.05) is 18.2 Å². The van der Waals surface area contributed by atoms with Crippen LogP contribution in [0.5, 0.6) is 0 Å². The van der Waals surface area contributed by atoms with Crippen LogP contribution in [0.3, 0.4) is 0 Å². The van der Waals surface area contributed by atoms with Crippen LogP contribution in [0.4, 0.5) is 5.69 Å². The fraction of sp³-hybridized carbons (Fsp3) is 0.417. The molecule has 1 unspecified atom stereocenters. The van der Waals surface area contributed by atoms with Crippen molar-refractivity contribution in [1.29, 1.82) is 0 Å². The molecule has 4 nitrogen and oxygen atoms in total. The number of anilines is 1. The molecule has 0 aliphatic rings. The molecule has 1 atom stereocenters. The Labute approximate surface area is 95.9 Å². The van der Waals surface area contributed by atoms with Gasteiger partial charge in [0.05, 0.1) is 12.6 Å². The highest BCUT2D eigenvalue weighted by Gasteiger charge is 2.07. The van der Waals surface area contributed by atoms with Crippen LogP contribution in [-0.4, -0.2) is 37.3 Å². The van der Waals surface area contributed by atoms with Crippen LogP contribution in [-0.2, 0) is 4.79 Å². The molecule has 0 aliphatic heterocycles. The molecule has 1 amide bonds. The first-order chi connectivity index (χ1) is 7.59. The van der Waals surface area contributed by atoms with Crippen molar-refractivity contribution in [3.05, 3.63) is 30.3 Å². The number of para-hydroxylation sites is 1. The van der Waals surface area contributed by atoms with E-state index in [2.05, 4.69) is 5.32 Å². The van der Waals surface area contributed by atoms with Crippen molar-refractivity contribution in [2.45, 2.75) is 13.0 Å². The van der Waals surface area contributed by atoms with Crippen LogP contribution in [0, 0.1) is 0 Å². The van der Waals surface area contributed by atoms with E-state index in [1.807, 2.05) is 42.3 Å². The SMILES string of the molecule is CC(O)CNC(=O)CN(C)c1ccccc1. The molecule has 0 spiro atoms. The maximum Gasteiger partial charge on any atom is 0.239 e. The highest BCUT2D eigenvalue weighted by molar-refractivity contribution is 5.81. The van der Waals surface area contributed by atoms with Crippen molar-refractivity contribution >= 4 is 11.6 Å². The molecule has 1 aromatic rings. The Balaban J connectivity index is 2.40. The minimum atomic E-state index is -0.508. The van der Waals surface area contributed by atoms with Crippen LogP contribution in [0.15, 0.2) is 30.3 Å². The van der Waals surface area contributed by atoms with Gasteiger partial charge in [-0.3, -0.25) is 4.79 Å². The smallest absolute Gasteiger partial charge is 0.239 e. The summed E-state index contributed by atoms with van der Waals surface area (Å²) >= 11 is 0. The summed E-state index contributed by atoms with van der Waals surface area (Å²) in [6.45, 7) is 2.22. The van der Waals surface area contributed by atoms with Crippen molar-refractivity contribution in [2.24, 2.45) is 0 Å². The fourth-order valence-corrected chi connectivity index (χ4v) is 1.31. The summed E-state index contributed by atoms with van der Waals surface area (Å²) in [5.41, 5.74) is 0.995. The van der Waals surface area contributed by atoms with E-state index in [1.165, 1.54) is 0 Å². The molecule has 0 saturated heterocycles. The van der Waals surface area contributed by atoms with Gasteiger partial charge in [0.1, 0.15) is 0 Å². The van der Waals surface area contributed by atoms with Gasteiger partial charge in [0.15, 0.2) is 0 Å². The maximum absolute atomic E-state index is 11.5. The molecule has 0 radical (unpaired) electrons. The third-order valence-corrected chi connectivity index (χ3v) is 2.17. The lowest BCUT2D eigenvalue weighted by Crippen LogP contribution is -2.38. The summed E-state index contributed by atoms with van der Waals surface area (Å²) in [6, 6.07) is 9.69. The monoisotopic (exact) mass is 222 g/mol. The molecule has 0 aliphatic carbocycles. The zero-order valence-electron chi connectivity index (χ0n) is 9.68. The van der Waals surface area contributed by atoms with Crippen LogP contribution in [0.2, 0.25) is 0 Å². The number of carbonyl (C=O) groups is 1. The lowest BCUT2D eigenvalue weighted by Gasteiger charge is -2.18. The Morgan fingerprint density at radius 2 is 2.06 bits per heavy atom. The van der Waals surface area contributed by atoms with E-state index in [1.54, 1.807) is 6.92 Å². The van der Waals surface area contributed by atoms with E-state index in [-0.39, 0.29) is 12.5 Å². The molecule has 1 aromatic carbocycles. The predicted molar refractivity (Wildman–Crippen MR) is 64.4 cm³/mol. The topological polar surface area (TPSA) is 52.6 Å². The number of rotatable bonds is 5. The van der Waals surface area contributed by atoms with Crippen LogP contribution in [0.1, 0.15) is 6.92 Å². The lowest BCUT2D eigenvalue weighted by atomic mass is 10.3. The number of nitrogens with one attached hydrogen (secondary N) is 1. The van der Waals surface area contributed by atoms with Crippen molar-refractivity contribution in [3.63, 3.8) is 0 Å². The third kappa shape index (κ3) is 4.31. The second-order valence-electron chi connectivity index (χ2n) is 3.84. The van der Waals surface area contributed by atoms with Gasteiger partial charge in [0.25, 0.3) is 0 Å². The van der Waals surface area contributed by atoms with Gasteiger partial charge in [-0.15, -0.1) is 0 Å². The number of carbonyl (C=O) groups excluding carboxylic acids is 1. The second-order valence-corrected chi connectivity index (χ2v) is 3.84. The van der Waals surface area contributed by atoms with Crippen LogP contribution < -0.4 is 10.2 Å². The highest BCUT2D eigenvalue weighted by atomic mass is 16.3. The predicted octanol–water partition coefficient (Wildman–Crippen LogP) is 0.620. The number of benzene rings is 1. The van der Waals surface area contributed by atoms with E-state index < -0.39 is 6.10 Å². The molecule has 0 aromatic heterocycles. The summed E-state index contributed by atoms with van der Waals surface area (Å²) in [5.74, 6) is -0.0905. The molecule has 0 bridgehead atoms. The zero-order chi connectivity index (χ0) is 12.0. The van der Waals surface area contributed by atoms with Crippen molar-refractivity contribution in [1.82, 2.24) is 5.32 Å². The quantitative estimate of drug-likeness (QED) is 0.768. The second kappa shape index (κ2) is 6.12. The van der Waals surface area contributed by atoms with Crippen LogP contribution in [0.25, 0.3) is 0 Å². The number of hydrogen-bond acceptors (Lipinski definition) is 3. The van der Waals surface area contributed by atoms with E-state index >= 15 is 0 Å². The first-order valence-corrected chi connectivity index (χ1v) is 5.30. The van der Waals surface area contributed by atoms with E-state index in [9.17, 15) is 4.79 Å². The summed E-state index contributed by atoms with van der Waals surface area (Å²) in [4.78, 5) is 13.3. The average Bonchev–Trinajstić information content (AvgIpc) is 2.27. The normalized spacial score (nSPS) is 11.9. The lowest BCUT2D eigenvalue weighted by molar-refractivity contribution is -0.120. The zero-order valence-corrected chi connectivity index (χ0v) is 9.68. The molecule has 0 saturated carbocycles. The van der Waals surface area contributed by atoms with E-state index in [0.29, 0.717) is 6.54 Å². The summed E-state index contributed by atoms with van der Waals surface area (Å²) in [6.07, 6.45) is -0.508. The summed E-state index contributed by atoms with van der Waals surface area (Å²) in [7, 11) is 1.86. The number of hydrogen-bond donors (Lipinski definition) is 2. The number of aliphatic hydroxyl groups is 1. The Morgan fingerprint density at radius 1 is 1.44 bits per heavy atom. The number of likely N-dealkylation sites (N-methyl/N-ethyl adjacent to an activating group) is 1. The minimum absolute atomic E-state index is 0.0905. The highest BCUT2D eigenvalue weighted by Crippen LogP contribution is 2.09. The summed E-state index contributed by atoms with van der Waals surface area (Å²) in [5, 5.41) is 11.7. The van der Waals surface area contributed by atoms with Crippen LogP contribution >= 0.6 is 0 Å². The molecule has 1 rings (SSSR count). The molecule has 2 N–H and O–H groups in total. The maximum atomic E-state index is 11.5. The molecule has 4 heteroatoms. The van der Waals surface area contributed by atoms with Gasteiger partial charge < -0.3 is 15.3 Å². The molecule has 0 heterocycles. The van der Waals surface area contributed by atoms with Gasteiger partial charge in [-0.05, 0) is 19.1 Å². The molecule has 16 heavy (non-hydrogen) atoms. The largest absolute Gasteiger partial charge is 0.392 e. The van der Waals surface area contributed by atoms with Gasteiger partial charge in [-0.25, -0.2) is 0 Å². The Morgan fingerprint density at radius 3 is 2.62 bits per heavy atom. The third-order valence-electron chi connectivity index (χ3n) is 2.17.